The molecule has 0 N–H and O–H groups in total. The van der Waals surface area contributed by atoms with E-state index in [1.807, 2.05) is 0 Å². The molecular weight excluding hydrogens is 444 g/mol. The van der Waals surface area contributed by atoms with Gasteiger partial charge in [0.05, 0.1) is 12.3 Å². The lowest BCUT2D eigenvalue weighted by molar-refractivity contribution is -0.135. The number of furan rings is 1. The molecule has 1 amide bonds. The molecule has 34 heavy (non-hydrogen) atoms. The van der Waals surface area contributed by atoms with Crippen LogP contribution in [0.1, 0.15) is 49.9 Å². The van der Waals surface area contributed by atoms with E-state index < -0.39 is 29.9 Å². The summed E-state index contributed by atoms with van der Waals surface area (Å²) in [7, 11) is 0. The molecule has 0 bridgehead atoms. The van der Waals surface area contributed by atoms with Gasteiger partial charge in [-0.05, 0) is 43.3 Å². The summed E-state index contributed by atoms with van der Waals surface area (Å²) in [6.07, 6.45) is 3.02. The van der Waals surface area contributed by atoms with Gasteiger partial charge in [0.25, 0.3) is 5.91 Å². The van der Waals surface area contributed by atoms with Crippen molar-refractivity contribution < 1.29 is 37.8 Å². The molecule has 3 aromatic rings. The van der Waals surface area contributed by atoms with Gasteiger partial charge in [0, 0.05) is 32.5 Å². The number of hydrogen-bond donors (Lipinski definition) is 0. The summed E-state index contributed by atoms with van der Waals surface area (Å²) < 4.78 is 20.9. The number of esters is 3. The first kappa shape index (κ1) is 24.2. The van der Waals surface area contributed by atoms with Crippen LogP contribution in [0.4, 0.5) is 5.82 Å². The number of anilines is 1. The van der Waals surface area contributed by atoms with Gasteiger partial charge in [0.15, 0.2) is 11.5 Å². The van der Waals surface area contributed by atoms with Crippen molar-refractivity contribution >= 4 is 29.6 Å². The van der Waals surface area contributed by atoms with Gasteiger partial charge in [0.1, 0.15) is 11.6 Å². The summed E-state index contributed by atoms with van der Waals surface area (Å²) >= 11 is 0. The highest BCUT2D eigenvalue weighted by atomic mass is 16.6. The van der Waals surface area contributed by atoms with Crippen LogP contribution in [0.3, 0.4) is 0 Å². The van der Waals surface area contributed by atoms with E-state index in [1.165, 1.54) is 29.5 Å². The molecule has 1 atom stereocenters. The number of hydrogen-bond acceptors (Lipinski definition) is 9. The minimum Gasteiger partial charge on any atom is -0.467 e. The Morgan fingerprint density at radius 3 is 1.97 bits per heavy atom. The number of rotatable bonds is 7. The fraction of sp³-hybridized carbons (Fsp3) is 0.208. The van der Waals surface area contributed by atoms with E-state index >= 15 is 0 Å². The number of aromatic nitrogens is 1. The molecule has 0 aliphatic heterocycles. The molecule has 0 aliphatic rings. The standard InChI is InChI=1S/C24H22N2O8/c1-14(19-8-7-11-31-19)26(22-9-5-6-10-25-22)24(30)18-12-20(32-15(2)27)23(34-17(4)29)21(13-18)33-16(3)28/h5-14H,1-4H3/t14-/m0/s1. The second-order valence-corrected chi connectivity index (χ2v) is 7.14. The minimum absolute atomic E-state index is 0.0209. The van der Waals surface area contributed by atoms with Gasteiger partial charge in [-0.15, -0.1) is 0 Å². The van der Waals surface area contributed by atoms with Crippen molar-refractivity contribution in [2.24, 2.45) is 0 Å². The van der Waals surface area contributed by atoms with E-state index in [-0.39, 0.29) is 22.8 Å². The first-order chi connectivity index (χ1) is 16.2. The molecule has 2 aromatic heterocycles. The summed E-state index contributed by atoms with van der Waals surface area (Å²) in [4.78, 5) is 54.4. The zero-order valence-corrected chi connectivity index (χ0v) is 18.9. The normalized spacial score (nSPS) is 11.3. The topological polar surface area (TPSA) is 125 Å². The Labute approximate surface area is 195 Å². The van der Waals surface area contributed by atoms with Crippen LogP contribution < -0.4 is 19.1 Å². The number of pyridine rings is 1. The third kappa shape index (κ3) is 5.66. The molecule has 0 spiro atoms. The first-order valence-corrected chi connectivity index (χ1v) is 10.2. The molecule has 0 fully saturated rings. The highest BCUT2D eigenvalue weighted by Gasteiger charge is 2.30. The highest BCUT2D eigenvalue weighted by Crippen LogP contribution is 2.40. The van der Waals surface area contributed by atoms with Crippen molar-refractivity contribution in [1.82, 2.24) is 4.98 Å². The Morgan fingerprint density at radius 2 is 1.50 bits per heavy atom. The number of carbonyl (C=O) groups is 4. The lowest BCUT2D eigenvalue weighted by Gasteiger charge is -2.27. The van der Waals surface area contributed by atoms with Crippen molar-refractivity contribution in [3.8, 4) is 17.2 Å². The van der Waals surface area contributed by atoms with Gasteiger partial charge < -0.3 is 18.6 Å². The van der Waals surface area contributed by atoms with Crippen molar-refractivity contribution in [1.29, 1.82) is 0 Å². The van der Waals surface area contributed by atoms with Gasteiger partial charge in [-0.1, -0.05) is 6.07 Å². The largest absolute Gasteiger partial charge is 0.467 e. The fourth-order valence-corrected chi connectivity index (χ4v) is 3.18. The van der Waals surface area contributed by atoms with Crippen LogP contribution in [0.15, 0.2) is 59.3 Å². The van der Waals surface area contributed by atoms with E-state index in [0.717, 1.165) is 20.8 Å². The lowest BCUT2D eigenvalue weighted by Crippen LogP contribution is -2.34. The molecule has 0 radical (unpaired) electrons. The maximum absolute atomic E-state index is 13.7. The predicted octanol–water partition coefficient (Wildman–Crippen LogP) is 3.86. The number of amides is 1. The third-order valence-corrected chi connectivity index (χ3v) is 4.48. The van der Waals surface area contributed by atoms with Crippen molar-refractivity contribution in [2.75, 3.05) is 4.90 Å². The number of ether oxygens (including phenoxy) is 3. The van der Waals surface area contributed by atoms with Crippen LogP contribution in [0.25, 0.3) is 0 Å². The average Bonchev–Trinajstić information content (AvgIpc) is 3.30. The summed E-state index contributed by atoms with van der Waals surface area (Å²) in [5.74, 6) is -2.82. The Balaban J connectivity index is 2.17. The summed E-state index contributed by atoms with van der Waals surface area (Å²) in [6, 6.07) is 10.3. The van der Waals surface area contributed by atoms with Gasteiger partial charge in [-0.2, -0.15) is 0 Å². The highest BCUT2D eigenvalue weighted by molar-refractivity contribution is 6.07. The van der Waals surface area contributed by atoms with Crippen LogP contribution in [0, 0.1) is 0 Å². The van der Waals surface area contributed by atoms with Crippen molar-refractivity contribution in [3.63, 3.8) is 0 Å². The molecule has 10 nitrogen and oxygen atoms in total. The molecule has 1 aromatic carbocycles. The van der Waals surface area contributed by atoms with Crippen LogP contribution in [-0.4, -0.2) is 28.8 Å². The zero-order chi connectivity index (χ0) is 24.8. The van der Waals surface area contributed by atoms with Gasteiger partial charge in [-0.25, -0.2) is 4.98 Å². The van der Waals surface area contributed by atoms with Crippen molar-refractivity contribution in [3.05, 3.63) is 66.2 Å². The average molecular weight is 466 g/mol. The van der Waals surface area contributed by atoms with E-state index in [2.05, 4.69) is 4.98 Å². The number of benzene rings is 1. The maximum atomic E-state index is 13.7. The van der Waals surface area contributed by atoms with E-state index in [9.17, 15) is 19.2 Å². The SMILES string of the molecule is CC(=O)Oc1cc(C(=O)N(c2ccccn2)[C@@H](C)c2ccco2)cc(OC(C)=O)c1OC(C)=O. The lowest BCUT2D eigenvalue weighted by atomic mass is 10.1. The van der Waals surface area contributed by atoms with Crippen LogP contribution >= 0.6 is 0 Å². The van der Waals surface area contributed by atoms with E-state index in [0.29, 0.717) is 11.6 Å². The van der Waals surface area contributed by atoms with Gasteiger partial charge in [-0.3, -0.25) is 24.1 Å². The Kier molecular flexibility index (Phi) is 7.42. The Morgan fingerprint density at radius 1 is 0.882 bits per heavy atom. The second kappa shape index (κ2) is 10.4. The Hall–Kier alpha value is -4.47. The summed E-state index contributed by atoms with van der Waals surface area (Å²) in [5, 5.41) is 0. The van der Waals surface area contributed by atoms with Crippen molar-refractivity contribution in [2.45, 2.75) is 33.7 Å². The first-order valence-electron chi connectivity index (χ1n) is 10.2. The molecule has 3 rings (SSSR count). The quantitative estimate of drug-likeness (QED) is 0.377. The minimum atomic E-state index is -0.748. The molecular formula is C24H22N2O8. The molecule has 0 unspecified atom stereocenters. The molecule has 0 aliphatic carbocycles. The maximum Gasteiger partial charge on any atom is 0.308 e. The predicted molar refractivity (Wildman–Crippen MR) is 119 cm³/mol. The monoisotopic (exact) mass is 466 g/mol. The third-order valence-electron chi connectivity index (χ3n) is 4.48. The molecule has 0 saturated heterocycles. The molecule has 2 heterocycles. The smallest absolute Gasteiger partial charge is 0.308 e. The molecule has 0 saturated carbocycles. The molecule has 10 heteroatoms. The van der Waals surface area contributed by atoms with Crippen LogP contribution in [-0.2, 0) is 14.4 Å². The van der Waals surface area contributed by atoms with E-state index in [4.69, 9.17) is 18.6 Å². The Bertz CT molecular complexity index is 1170. The van der Waals surface area contributed by atoms with Gasteiger partial charge >= 0.3 is 17.9 Å². The van der Waals surface area contributed by atoms with Gasteiger partial charge in [0.2, 0.25) is 5.75 Å². The summed E-state index contributed by atoms with van der Waals surface area (Å²) in [6.45, 7) is 5.15. The van der Waals surface area contributed by atoms with E-state index in [1.54, 1.807) is 37.3 Å². The zero-order valence-electron chi connectivity index (χ0n) is 18.9. The number of nitrogens with zero attached hydrogens (tertiary/aromatic N) is 2. The summed E-state index contributed by atoms with van der Waals surface area (Å²) in [5.41, 5.74) is -0.0209. The second-order valence-electron chi connectivity index (χ2n) is 7.14. The van der Waals surface area contributed by atoms with Crippen LogP contribution in [0.5, 0.6) is 17.2 Å². The number of carbonyl (C=O) groups excluding carboxylic acids is 4. The molecule has 176 valence electrons. The fourth-order valence-electron chi connectivity index (χ4n) is 3.18. The van der Waals surface area contributed by atoms with Crippen LogP contribution in [0.2, 0.25) is 0 Å².